The molecule has 1 saturated carbocycles. The number of unbranched alkanes of at least 4 members (excludes halogenated alkanes) is 1. The molecule has 9 nitrogen and oxygen atoms in total. The predicted octanol–water partition coefficient (Wildman–Crippen LogP) is 5.60. The van der Waals surface area contributed by atoms with Crippen LogP contribution in [0, 0.1) is 5.92 Å². The topological polar surface area (TPSA) is 102 Å². The summed E-state index contributed by atoms with van der Waals surface area (Å²) in [6.45, 7) is 1.90. The first-order valence-electron chi connectivity index (χ1n) is 15.5. The smallest absolute Gasteiger partial charge is 0.305 e. The molecule has 1 aliphatic carbocycles. The van der Waals surface area contributed by atoms with E-state index in [1.54, 1.807) is 12.1 Å². The van der Waals surface area contributed by atoms with Crippen LogP contribution in [0.3, 0.4) is 0 Å². The Bertz CT molecular complexity index is 930. The number of rotatable bonds is 16. The molecule has 2 aliphatic heterocycles. The summed E-state index contributed by atoms with van der Waals surface area (Å²) in [7, 11) is 1.40. The Morgan fingerprint density at radius 1 is 1.05 bits per heavy atom. The monoisotopic (exact) mass is 610 g/mol. The van der Waals surface area contributed by atoms with Crippen molar-refractivity contribution >= 4 is 17.6 Å². The zero-order chi connectivity index (χ0) is 29.6. The molecule has 0 bridgehead atoms. The summed E-state index contributed by atoms with van der Waals surface area (Å²) in [5.74, 6) is 0.336. The zero-order valence-corrected chi connectivity index (χ0v) is 25.5. The Balaban J connectivity index is 1.39. The SMILES string of the molecule is COC(=O)CCCC=CC[C@@H]1[C@@H](OCC(COc2ccc(Cl)cc2)OC2CCCCO2)[C@H](OC2CCCCO2)C[C@@H]1O. The van der Waals surface area contributed by atoms with Crippen LogP contribution in [0.1, 0.15) is 70.6 Å². The minimum atomic E-state index is -0.574. The lowest BCUT2D eigenvalue weighted by Gasteiger charge is -2.32. The normalized spacial score (nSPS) is 29.0. The van der Waals surface area contributed by atoms with Gasteiger partial charge in [0.05, 0.1) is 32.0 Å². The summed E-state index contributed by atoms with van der Waals surface area (Å²) >= 11 is 6.03. The summed E-state index contributed by atoms with van der Waals surface area (Å²) in [5.41, 5.74) is 0. The van der Waals surface area contributed by atoms with E-state index in [1.807, 2.05) is 12.1 Å². The van der Waals surface area contributed by atoms with Crippen molar-refractivity contribution in [3.63, 3.8) is 0 Å². The average molecular weight is 611 g/mol. The fourth-order valence-corrected chi connectivity index (χ4v) is 5.77. The standard InChI is InChI=1S/C32H47ClO9/c1-36-29(35)11-5-3-2-4-10-26-27(34)20-28(42-31-13-7-9-19-38-31)32(26)40-22-25(41-30-12-6-8-18-37-30)21-39-24-16-14-23(33)15-17-24/h2,4,14-17,25-28,30-32,34H,3,5-13,18-22H2,1H3/t25?,26-,27-,28+,30?,31?,32+/m0/s1. The molecule has 0 radical (unpaired) electrons. The number of aliphatic hydroxyl groups is 1. The van der Waals surface area contributed by atoms with Gasteiger partial charge in [-0.2, -0.15) is 0 Å². The zero-order valence-electron chi connectivity index (χ0n) is 24.7. The molecule has 2 saturated heterocycles. The summed E-state index contributed by atoms with van der Waals surface area (Å²) < 4.78 is 41.7. The number of hydrogen-bond donors (Lipinski definition) is 1. The molecule has 0 spiro atoms. The van der Waals surface area contributed by atoms with E-state index < -0.39 is 6.10 Å². The molecule has 3 aliphatic rings. The molecule has 42 heavy (non-hydrogen) atoms. The van der Waals surface area contributed by atoms with Gasteiger partial charge in [-0.3, -0.25) is 4.79 Å². The number of aliphatic hydroxyl groups excluding tert-OH is 1. The number of halogens is 1. The molecule has 10 heteroatoms. The molecule has 2 heterocycles. The number of benzene rings is 1. The van der Waals surface area contributed by atoms with E-state index in [2.05, 4.69) is 12.2 Å². The van der Waals surface area contributed by atoms with Gasteiger partial charge >= 0.3 is 5.97 Å². The van der Waals surface area contributed by atoms with Crippen molar-refractivity contribution in [1.29, 1.82) is 0 Å². The van der Waals surface area contributed by atoms with E-state index in [1.165, 1.54) is 7.11 Å². The lowest BCUT2D eigenvalue weighted by molar-refractivity contribution is -0.226. The van der Waals surface area contributed by atoms with Crippen molar-refractivity contribution in [2.45, 2.75) is 108 Å². The van der Waals surface area contributed by atoms with Crippen LogP contribution in [0.15, 0.2) is 36.4 Å². The van der Waals surface area contributed by atoms with Gasteiger partial charge in [-0.05, 0) is 82.1 Å². The number of hydrogen-bond acceptors (Lipinski definition) is 9. The molecule has 1 aromatic rings. The maximum Gasteiger partial charge on any atom is 0.305 e. The number of carbonyl (C=O) groups is 1. The van der Waals surface area contributed by atoms with Gasteiger partial charge in [0.15, 0.2) is 12.6 Å². The van der Waals surface area contributed by atoms with Crippen molar-refractivity contribution in [2.75, 3.05) is 33.5 Å². The average Bonchev–Trinajstić information content (AvgIpc) is 3.30. The van der Waals surface area contributed by atoms with Crippen LogP contribution in [0.5, 0.6) is 5.75 Å². The highest BCUT2D eigenvalue weighted by atomic mass is 35.5. The first kappa shape index (κ1) is 33.2. The van der Waals surface area contributed by atoms with Crippen LogP contribution in [0.25, 0.3) is 0 Å². The fraction of sp³-hybridized carbons (Fsp3) is 0.719. The molecule has 1 aromatic carbocycles. The van der Waals surface area contributed by atoms with E-state index in [0.29, 0.717) is 43.2 Å². The van der Waals surface area contributed by atoms with E-state index in [4.69, 9.17) is 44.8 Å². The van der Waals surface area contributed by atoms with Gasteiger partial charge in [-0.1, -0.05) is 23.8 Å². The van der Waals surface area contributed by atoms with Crippen LogP contribution in [-0.4, -0.2) is 81.6 Å². The minimum Gasteiger partial charge on any atom is -0.491 e. The highest BCUT2D eigenvalue weighted by Crippen LogP contribution is 2.36. The van der Waals surface area contributed by atoms with Gasteiger partial charge in [0.25, 0.3) is 0 Å². The van der Waals surface area contributed by atoms with Crippen molar-refractivity contribution < 1.29 is 43.1 Å². The Hall–Kier alpha value is -1.72. The van der Waals surface area contributed by atoms with Gasteiger partial charge in [0, 0.05) is 37.0 Å². The van der Waals surface area contributed by atoms with E-state index in [9.17, 15) is 9.90 Å². The second-order valence-electron chi connectivity index (χ2n) is 11.2. The van der Waals surface area contributed by atoms with Gasteiger partial charge < -0.3 is 38.3 Å². The maximum atomic E-state index is 11.4. The quantitative estimate of drug-likeness (QED) is 0.146. The predicted molar refractivity (Wildman–Crippen MR) is 157 cm³/mol. The summed E-state index contributed by atoms with van der Waals surface area (Å²) in [4.78, 5) is 11.4. The van der Waals surface area contributed by atoms with Gasteiger partial charge in [-0.25, -0.2) is 0 Å². The van der Waals surface area contributed by atoms with Gasteiger partial charge in [0.1, 0.15) is 18.5 Å². The van der Waals surface area contributed by atoms with E-state index >= 15 is 0 Å². The number of ether oxygens (including phenoxy) is 7. The third kappa shape index (κ3) is 11.1. The summed E-state index contributed by atoms with van der Waals surface area (Å²) in [5, 5.41) is 11.7. The molecule has 1 N–H and O–H groups in total. The molecular formula is C32H47ClO9. The number of esters is 1. The maximum absolute atomic E-state index is 11.4. The highest BCUT2D eigenvalue weighted by Gasteiger charge is 2.45. The summed E-state index contributed by atoms with van der Waals surface area (Å²) in [6, 6.07) is 7.23. The molecule has 4 rings (SSSR count). The number of allylic oxidation sites excluding steroid dienone is 2. The van der Waals surface area contributed by atoms with Crippen molar-refractivity contribution in [3.8, 4) is 5.75 Å². The Morgan fingerprint density at radius 2 is 1.79 bits per heavy atom. The van der Waals surface area contributed by atoms with Crippen molar-refractivity contribution in [1.82, 2.24) is 0 Å². The van der Waals surface area contributed by atoms with Crippen LogP contribution >= 0.6 is 11.6 Å². The van der Waals surface area contributed by atoms with Crippen molar-refractivity contribution in [2.24, 2.45) is 5.92 Å². The van der Waals surface area contributed by atoms with Crippen LogP contribution < -0.4 is 4.74 Å². The molecule has 3 unspecified atom stereocenters. The fourth-order valence-electron chi connectivity index (χ4n) is 5.65. The van der Waals surface area contributed by atoms with Crippen LogP contribution in [0.2, 0.25) is 5.02 Å². The van der Waals surface area contributed by atoms with Crippen LogP contribution in [0.4, 0.5) is 0 Å². The molecule has 3 fully saturated rings. The Labute approximate surface area is 254 Å². The molecular weight excluding hydrogens is 564 g/mol. The lowest BCUT2D eigenvalue weighted by Crippen LogP contribution is -2.40. The highest BCUT2D eigenvalue weighted by molar-refractivity contribution is 6.30. The second kappa shape index (κ2) is 18.2. The summed E-state index contributed by atoms with van der Waals surface area (Å²) in [6.07, 6.45) is 10.7. The van der Waals surface area contributed by atoms with Crippen LogP contribution in [-0.2, 0) is 33.2 Å². The first-order valence-corrected chi connectivity index (χ1v) is 15.8. The molecule has 236 valence electrons. The number of methoxy groups -OCH3 is 1. The lowest BCUT2D eigenvalue weighted by atomic mass is 9.98. The second-order valence-corrected chi connectivity index (χ2v) is 11.7. The first-order chi connectivity index (χ1) is 20.5. The Kier molecular flexibility index (Phi) is 14.4. The van der Waals surface area contributed by atoms with E-state index in [-0.39, 0.29) is 56.0 Å². The Morgan fingerprint density at radius 3 is 2.48 bits per heavy atom. The van der Waals surface area contributed by atoms with Crippen molar-refractivity contribution in [3.05, 3.63) is 41.4 Å². The minimum absolute atomic E-state index is 0.154. The van der Waals surface area contributed by atoms with Gasteiger partial charge in [-0.15, -0.1) is 0 Å². The third-order valence-electron chi connectivity index (χ3n) is 7.98. The van der Waals surface area contributed by atoms with Gasteiger partial charge in [0.2, 0.25) is 0 Å². The third-order valence-corrected chi connectivity index (χ3v) is 8.23. The molecule has 0 aromatic heterocycles. The molecule has 7 atom stereocenters. The molecule has 0 amide bonds. The largest absolute Gasteiger partial charge is 0.491 e. The number of carbonyl (C=O) groups excluding carboxylic acids is 1. The van der Waals surface area contributed by atoms with E-state index in [0.717, 1.165) is 51.4 Å².